The number of benzene rings is 2. The summed E-state index contributed by atoms with van der Waals surface area (Å²) in [5.74, 6) is -6.42. The number of alkyl halides is 1. The van der Waals surface area contributed by atoms with E-state index in [2.05, 4.69) is 0 Å². The molecule has 0 spiro atoms. The molecule has 2 aromatic rings. The predicted octanol–water partition coefficient (Wildman–Crippen LogP) is 4.65. The zero-order chi connectivity index (χ0) is 13.3. The van der Waals surface area contributed by atoms with Crippen molar-refractivity contribution >= 4 is 11.6 Å². The van der Waals surface area contributed by atoms with E-state index in [9.17, 15) is 17.6 Å². The van der Waals surface area contributed by atoms with Gasteiger partial charge in [0.15, 0.2) is 23.3 Å². The summed E-state index contributed by atoms with van der Waals surface area (Å²) in [6, 6.07) is 7.37. The van der Waals surface area contributed by atoms with Gasteiger partial charge in [-0.05, 0) is 5.56 Å². The molecule has 0 aliphatic heterocycles. The Labute approximate surface area is 106 Å². The molecule has 0 radical (unpaired) electrons. The number of hydrogen-bond donors (Lipinski definition) is 0. The summed E-state index contributed by atoms with van der Waals surface area (Å²) < 4.78 is 54.5. The van der Waals surface area contributed by atoms with E-state index in [4.69, 9.17) is 11.6 Å². The zero-order valence-corrected chi connectivity index (χ0v) is 9.74. The van der Waals surface area contributed by atoms with Crippen molar-refractivity contribution in [2.24, 2.45) is 0 Å². The third-order valence-corrected chi connectivity index (χ3v) is 2.82. The Hall–Kier alpha value is -1.55. The minimum Gasteiger partial charge on any atom is -0.203 e. The van der Waals surface area contributed by atoms with E-state index in [1.54, 1.807) is 6.07 Å². The highest BCUT2D eigenvalue weighted by atomic mass is 35.5. The smallest absolute Gasteiger partial charge is 0.170 e. The molecular formula is C13H7ClF4. The number of rotatable bonds is 2. The average Bonchev–Trinajstić information content (AvgIpc) is 2.39. The molecule has 0 amide bonds. The van der Waals surface area contributed by atoms with Gasteiger partial charge in [-0.25, -0.2) is 17.6 Å². The first-order valence-electron chi connectivity index (χ1n) is 5.04. The van der Waals surface area contributed by atoms with Crippen molar-refractivity contribution < 1.29 is 17.6 Å². The number of hydrogen-bond acceptors (Lipinski definition) is 0. The van der Waals surface area contributed by atoms with Gasteiger partial charge in [0.05, 0.1) is 11.4 Å². The van der Waals surface area contributed by atoms with Gasteiger partial charge in [0.1, 0.15) is 0 Å². The molecule has 2 rings (SSSR count). The lowest BCUT2D eigenvalue weighted by atomic mass is 10.0. The van der Waals surface area contributed by atoms with Gasteiger partial charge < -0.3 is 0 Å². The van der Waals surface area contributed by atoms with E-state index in [0.29, 0.717) is 0 Å². The first-order valence-corrected chi connectivity index (χ1v) is 5.57. The normalized spacial score (nSPS) is 10.7. The fraction of sp³-hybridized carbons (Fsp3) is 0.0769. The Morgan fingerprint density at radius 2 is 1.28 bits per heavy atom. The lowest BCUT2D eigenvalue weighted by Crippen LogP contribution is -2.04. The summed E-state index contributed by atoms with van der Waals surface area (Å²) in [4.78, 5) is 0. The average molecular weight is 275 g/mol. The monoisotopic (exact) mass is 274 g/mol. The van der Waals surface area contributed by atoms with Gasteiger partial charge in [-0.1, -0.05) is 30.3 Å². The van der Waals surface area contributed by atoms with Crippen molar-refractivity contribution in [3.63, 3.8) is 0 Å². The summed E-state index contributed by atoms with van der Waals surface area (Å²) in [5.41, 5.74) is -1.46. The third kappa shape index (κ3) is 1.97. The molecule has 0 bridgehead atoms. The van der Waals surface area contributed by atoms with Crippen molar-refractivity contribution in [2.45, 2.75) is 5.88 Å². The van der Waals surface area contributed by atoms with E-state index in [1.165, 1.54) is 24.3 Å². The van der Waals surface area contributed by atoms with E-state index in [1.807, 2.05) is 0 Å². The maximum atomic E-state index is 13.7. The molecule has 0 saturated heterocycles. The maximum absolute atomic E-state index is 13.7. The van der Waals surface area contributed by atoms with Crippen molar-refractivity contribution in [1.82, 2.24) is 0 Å². The molecule has 5 heteroatoms. The van der Waals surface area contributed by atoms with E-state index in [-0.39, 0.29) is 5.56 Å². The van der Waals surface area contributed by atoms with Crippen LogP contribution in [0.2, 0.25) is 0 Å². The van der Waals surface area contributed by atoms with Gasteiger partial charge in [-0.15, -0.1) is 11.6 Å². The molecule has 0 N–H and O–H groups in total. The Bertz CT molecular complexity index is 552. The first kappa shape index (κ1) is 12.9. The second-order valence-electron chi connectivity index (χ2n) is 3.61. The molecule has 0 unspecified atom stereocenters. The molecule has 0 aromatic heterocycles. The standard InChI is InChI=1S/C13H7ClF4/c14-6-8-10(15)12(17)9(13(18)11(8)16)7-4-2-1-3-5-7/h1-5H,6H2. The zero-order valence-electron chi connectivity index (χ0n) is 8.98. The van der Waals surface area contributed by atoms with Crippen LogP contribution in [0.4, 0.5) is 17.6 Å². The van der Waals surface area contributed by atoms with Crippen LogP contribution in [0.25, 0.3) is 11.1 Å². The topological polar surface area (TPSA) is 0 Å². The fourth-order valence-electron chi connectivity index (χ4n) is 1.65. The summed E-state index contributed by atoms with van der Waals surface area (Å²) in [6.07, 6.45) is 0. The summed E-state index contributed by atoms with van der Waals surface area (Å²) >= 11 is 5.27. The SMILES string of the molecule is Fc1c(F)c(-c2ccccc2)c(F)c(F)c1CCl. The second-order valence-corrected chi connectivity index (χ2v) is 3.88. The highest BCUT2D eigenvalue weighted by Crippen LogP contribution is 2.32. The first-order chi connectivity index (χ1) is 8.57. The summed E-state index contributed by atoms with van der Waals surface area (Å²) in [7, 11) is 0. The van der Waals surface area contributed by atoms with Crippen molar-refractivity contribution in [1.29, 1.82) is 0 Å². The lowest BCUT2D eigenvalue weighted by Gasteiger charge is -2.10. The van der Waals surface area contributed by atoms with E-state index < -0.39 is 40.3 Å². The van der Waals surface area contributed by atoms with Crippen LogP contribution in [0.1, 0.15) is 5.56 Å². The lowest BCUT2D eigenvalue weighted by molar-refractivity contribution is 0.448. The molecule has 18 heavy (non-hydrogen) atoms. The fourth-order valence-corrected chi connectivity index (χ4v) is 1.89. The predicted molar refractivity (Wildman–Crippen MR) is 61.3 cm³/mol. The van der Waals surface area contributed by atoms with Crippen LogP contribution in [-0.2, 0) is 5.88 Å². The highest BCUT2D eigenvalue weighted by molar-refractivity contribution is 6.17. The third-order valence-electron chi connectivity index (χ3n) is 2.55. The Morgan fingerprint density at radius 3 is 1.72 bits per heavy atom. The molecule has 0 aliphatic rings. The van der Waals surface area contributed by atoms with Crippen LogP contribution in [0.5, 0.6) is 0 Å². The minimum absolute atomic E-state index is 0.0615. The van der Waals surface area contributed by atoms with Gasteiger partial charge in [-0.3, -0.25) is 0 Å². The van der Waals surface area contributed by atoms with Gasteiger partial charge in [0.2, 0.25) is 0 Å². The molecule has 0 heterocycles. The summed E-state index contributed by atoms with van der Waals surface area (Å²) in [6.45, 7) is 0. The Kier molecular flexibility index (Phi) is 3.57. The molecule has 0 fully saturated rings. The van der Waals surface area contributed by atoms with Gasteiger partial charge in [0, 0.05) is 5.56 Å². The highest BCUT2D eigenvalue weighted by Gasteiger charge is 2.25. The second kappa shape index (κ2) is 4.98. The molecule has 0 nitrogen and oxygen atoms in total. The van der Waals surface area contributed by atoms with Crippen LogP contribution in [-0.4, -0.2) is 0 Å². The van der Waals surface area contributed by atoms with Crippen molar-refractivity contribution in [3.05, 3.63) is 59.2 Å². The van der Waals surface area contributed by atoms with Crippen molar-refractivity contribution in [2.75, 3.05) is 0 Å². The van der Waals surface area contributed by atoms with Crippen LogP contribution in [0.15, 0.2) is 30.3 Å². The molecule has 0 aliphatic carbocycles. The van der Waals surface area contributed by atoms with Crippen molar-refractivity contribution in [3.8, 4) is 11.1 Å². The largest absolute Gasteiger partial charge is 0.203 e. The quantitative estimate of drug-likeness (QED) is 0.425. The molecule has 2 aromatic carbocycles. The minimum atomic E-state index is -1.46. The summed E-state index contributed by atoms with van der Waals surface area (Å²) in [5, 5.41) is 0. The Morgan fingerprint density at radius 1 is 0.778 bits per heavy atom. The van der Waals surface area contributed by atoms with Gasteiger partial charge in [0.25, 0.3) is 0 Å². The number of halogens is 5. The van der Waals surface area contributed by atoms with Crippen LogP contribution >= 0.6 is 11.6 Å². The van der Waals surface area contributed by atoms with E-state index >= 15 is 0 Å². The van der Waals surface area contributed by atoms with Crippen LogP contribution in [0.3, 0.4) is 0 Å². The van der Waals surface area contributed by atoms with E-state index in [0.717, 1.165) is 0 Å². The van der Waals surface area contributed by atoms with Crippen LogP contribution in [0, 0.1) is 23.3 Å². The molecular weight excluding hydrogens is 268 g/mol. The Balaban J connectivity index is 2.78. The van der Waals surface area contributed by atoms with Crippen LogP contribution < -0.4 is 0 Å². The van der Waals surface area contributed by atoms with Gasteiger partial charge in [-0.2, -0.15) is 0 Å². The van der Waals surface area contributed by atoms with Gasteiger partial charge >= 0.3 is 0 Å². The maximum Gasteiger partial charge on any atom is 0.170 e. The molecule has 0 saturated carbocycles. The molecule has 94 valence electrons. The molecule has 0 atom stereocenters.